The second-order valence-corrected chi connectivity index (χ2v) is 5.07. The maximum Gasteiger partial charge on any atom is 0.326 e. The monoisotopic (exact) mass is 237 g/mol. The summed E-state index contributed by atoms with van der Waals surface area (Å²) < 4.78 is 0. The van der Waals surface area contributed by atoms with Gasteiger partial charge < -0.3 is 10.4 Å². The Labute approximate surface area is 101 Å². The lowest BCUT2D eigenvalue weighted by molar-refractivity contribution is -0.142. The van der Waals surface area contributed by atoms with E-state index in [1.165, 1.54) is 0 Å². The zero-order valence-electron chi connectivity index (χ0n) is 10.1. The van der Waals surface area contributed by atoms with Gasteiger partial charge in [0.25, 0.3) is 0 Å². The smallest absolute Gasteiger partial charge is 0.326 e. The predicted octanol–water partition coefficient (Wildman–Crippen LogP) is 1.57. The van der Waals surface area contributed by atoms with Gasteiger partial charge in [-0.1, -0.05) is 25.5 Å². The molecule has 0 aromatic carbocycles. The van der Waals surface area contributed by atoms with Crippen LogP contribution in [-0.4, -0.2) is 23.0 Å². The highest BCUT2D eigenvalue weighted by Gasteiger charge is 2.40. The highest BCUT2D eigenvalue weighted by molar-refractivity contribution is 5.85. The van der Waals surface area contributed by atoms with Crippen LogP contribution < -0.4 is 5.32 Å². The molecule has 0 saturated heterocycles. The Hall–Kier alpha value is -1.32. The summed E-state index contributed by atoms with van der Waals surface area (Å²) in [6.45, 7) is 1.92. The van der Waals surface area contributed by atoms with E-state index in [1.54, 1.807) is 0 Å². The van der Waals surface area contributed by atoms with Gasteiger partial charge in [-0.05, 0) is 31.1 Å². The third-order valence-electron chi connectivity index (χ3n) is 3.81. The molecule has 4 nitrogen and oxygen atoms in total. The van der Waals surface area contributed by atoms with Gasteiger partial charge in [-0.15, -0.1) is 0 Å². The third kappa shape index (κ3) is 2.51. The van der Waals surface area contributed by atoms with Crippen LogP contribution in [0.1, 0.15) is 32.6 Å². The topological polar surface area (TPSA) is 66.4 Å². The highest BCUT2D eigenvalue weighted by Crippen LogP contribution is 2.43. The molecule has 0 spiro atoms. The second kappa shape index (κ2) is 4.90. The SMILES string of the molecule is CCC[C@@H](NC(=O)C1CC2C=CC1C2)C(=O)O. The molecule has 0 aromatic rings. The Morgan fingerprint density at radius 2 is 2.18 bits per heavy atom. The van der Waals surface area contributed by atoms with Crippen LogP contribution >= 0.6 is 0 Å². The maximum absolute atomic E-state index is 12.0. The Morgan fingerprint density at radius 3 is 2.65 bits per heavy atom. The van der Waals surface area contributed by atoms with Crippen LogP contribution in [-0.2, 0) is 9.59 Å². The molecule has 2 aliphatic carbocycles. The lowest BCUT2D eigenvalue weighted by atomic mass is 9.92. The lowest BCUT2D eigenvalue weighted by Crippen LogP contribution is -2.44. The van der Waals surface area contributed by atoms with E-state index in [-0.39, 0.29) is 11.8 Å². The fraction of sp³-hybridized carbons (Fsp3) is 0.692. The number of carboxylic acid groups (broad SMARTS) is 1. The minimum atomic E-state index is -0.932. The zero-order valence-corrected chi connectivity index (χ0v) is 10.1. The van der Waals surface area contributed by atoms with Crippen molar-refractivity contribution in [2.75, 3.05) is 0 Å². The molecule has 94 valence electrons. The van der Waals surface area contributed by atoms with Crippen LogP contribution in [0.4, 0.5) is 0 Å². The number of carboxylic acids is 1. The number of carbonyl (C=O) groups is 2. The average Bonchev–Trinajstić information content (AvgIpc) is 2.89. The number of hydrogen-bond donors (Lipinski definition) is 2. The number of carbonyl (C=O) groups excluding carboxylic acids is 1. The summed E-state index contributed by atoms with van der Waals surface area (Å²) >= 11 is 0. The summed E-state index contributed by atoms with van der Waals surface area (Å²) in [5, 5.41) is 11.7. The molecule has 17 heavy (non-hydrogen) atoms. The molecule has 4 atom stereocenters. The standard InChI is InChI=1S/C13H19NO3/c1-2-3-11(13(16)17)14-12(15)10-7-8-4-5-9(10)6-8/h4-5,8-11H,2-3,6-7H2,1H3,(H,14,15)(H,16,17)/t8?,9?,10?,11-/m1/s1. The maximum atomic E-state index is 12.0. The Kier molecular flexibility index (Phi) is 3.50. The zero-order chi connectivity index (χ0) is 12.4. The average molecular weight is 237 g/mol. The molecular formula is C13H19NO3. The number of amides is 1. The van der Waals surface area contributed by atoms with Crippen molar-refractivity contribution < 1.29 is 14.7 Å². The van der Waals surface area contributed by atoms with E-state index in [4.69, 9.17) is 5.11 Å². The molecule has 0 heterocycles. The summed E-state index contributed by atoms with van der Waals surface area (Å²) in [5.41, 5.74) is 0. The number of allylic oxidation sites excluding steroid dienone is 2. The number of aliphatic carboxylic acids is 1. The van der Waals surface area contributed by atoms with Gasteiger partial charge in [0.1, 0.15) is 6.04 Å². The molecule has 2 bridgehead atoms. The van der Waals surface area contributed by atoms with Crippen molar-refractivity contribution in [1.29, 1.82) is 0 Å². The van der Waals surface area contributed by atoms with Gasteiger partial charge in [0, 0.05) is 5.92 Å². The number of hydrogen-bond acceptors (Lipinski definition) is 2. The summed E-state index contributed by atoms with van der Waals surface area (Å²) in [6.07, 6.45) is 7.48. The largest absolute Gasteiger partial charge is 0.480 e. The van der Waals surface area contributed by atoms with Crippen LogP contribution in [0.25, 0.3) is 0 Å². The molecular weight excluding hydrogens is 218 g/mol. The Balaban J connectivity index is 1.92. The number of rotatable bonds is 5. The fourth-order valence-electron chi connectivity index (χ4n) is 2.91. The third-order valence-corrected chi connectivity index (χ3v) is 3.81. The van der Waals surface area contributed by atoms with Crippen LogP contribution in [0.3, 0.4) is 0 Å². The molecule has 1 fully saturated rings. The normalized spacial score (nSPS) is 31.5. The molecule has 1 saturated carbocycles. The number of nitrogens with one attached hydrogen (secondary N) is 1. The molecule has 0 aromatic heterocycles. The van der Waals surface area contributed by atoms with Gasteiger partial charge in [0.2, 0.25) is 5.91 Å². The van der Waals surface area contributed by atoms with Gasteiger partial charge in [-0.25, -0.2) is 4.79 Å². The molecule has 2 aliphatic rings. The minimum absolute atomic E-state index is 0.0105. The molecule has 3 unspecified atom stereocenters. The minimum Gasteiger partial charge on any atom is -0.480 e. The lowest BCUT2D eigenvalue weighted by Gasteiger charge is -2.20. The molecule has 0 radical (unpaired) electrons. The first-order valence-electron chi connectivity index (χ1n) is 6.33. The van der Waals surface area contributed by atoms with E-state index in [9.17, 15) is 9.59 Å². The first-order valence-corrected chi connectivity index (χ1v) is 6.33. The van der Waals surface area contributed by atoms with Gasteiger partial charge in [0.15, 0.2) is 0 Å². The van der Waals surface area contributed by atoms with Crippen molar-refractivity contribution in [3.05, 3.63) is 12.2 Å². The summed E-state index contributed by atoms with van der Waals surface area (Å²) in [6, 6.07) is -0.726. The fourth-order valence-corrected chi connectivity index (χ4v) is 2.91. The molecule has 2 N–H and O–H groups in total. The highest BCUT2D eigenvalue weighted by atomic mass is 16.4. The van der Waals surface area contributed by atoms with Gasteiger partial charge in [-0.2, -0.15) is 0 Å². The van der Waals surface area contributed by atoms with Gasteiger partial charge in [-0.3, -0.25) is 4.79 Å². The second-order valence-electron chi connectivity index (χ2n) is 5.07. The van der Waals surface area contributed by atoms with Crippen LogP contribution in [0.5, 0.6) is 0 Å². The van der Waals surface area contributed by atoms with Crippen molar-refractivity contribution in [1.82, 2.24) is 5.32 Å². The Bertz CT molecular complexity index is 351. The quantitative estimate of drug-likeness (QED) is 0.713. The predicted molar refractivity (Wildman–Crippen MR) is 63.3 cm³/mol. The Morgan fingerprint density at radius 1 is 1.41 bits per heavy atom. The number of fused-ring (bicyclic) bond motifs is 2. The van der Waals surface area contributed by atoms with E-state index in [2.05, 4.69) is 17.5 Å². The molecule has 0 aliphatic heterocycles. The van der Waals surface area contributed by atoms with E-state index < -0.39 is 12.0 Å². The summed E-state index contributed by atoms with van der Waals surface area (Å²) in [5.74, 6) is -0.161. The first kappa shape index (κ1) is 12.1. The first-order chi connectivity index (χ1) is 8.11. The van der Waals surface area contributed by atoms with Crippen LogP contribution in [0, 0.1) is 17.8 Å². The van der Waals surface area contributed by atoms with E-state index in [0.717, 1.165) is 19.3 Å². The molecule has 1 amide bonds. The van der Waals surface area contributed by atoms with Crippen molar-refractivity contribution in [2.24, 2.45) is 17.8 Å². The van der Waals surface area contributed by atoms with Gasteiger partial charge in [0.05, 0.1) is 0 Å². The van der Waals surface area contributed by atoms with E-state index >= 15 is 0 Å². The van der Waals surface area contributed by atoms with Crippen molar-refractivity contribution in [3.8, 4) is 0 Å². The summed E-state index contributed by atoms with van der Waals surface area (Å²) in [4.78, 5) is 23.0. The molecule has 2 rings (SSSR count). The van der Waals surface area contributed by atoms with Crippen LogP contribution in [0.15, 0.2) is 12.2 Å². The molecule has 4 heteroatoms. The van der Waals surface area contributed by atoms with Crippen LogP contribution in [0.2, 0.25) is 0 Å². The van der Waals surface area contributed by atoms with Crippen molar-refractivity contribution in [2.45, 2.75) is 38.6 Å². The van der Waals surface area contributed by atoms with Gasteiger partial charge >= 0.3 is 5.97 Å². The van der Waals surface area contributed by atoms with Crippen molar-refractivity contribution >= 4 is 11.9 Å². The van der Waals surface area contributed by atoms with E-state index in [0.29, 0.717) is 18.3 Å². The van der Waals surface area contributed by atoms with E-state index in [1.807, 2.05) is 6.92 Å². The van der Waals surface area contributed by atoms with Crippen molar-refractivity contribution in [3.63, 3.8) is 0 Å². The summed E-state index contributed by atoms with van der Waals surface area (Å²) in [7, 11) is 0.